The summed E-state index contributed by atoms with van der Waals surface area (Å²) in [4.78, 5) is 23.9. The molecule has 1 aliphatic heterocycles. The number of nitrogens with zero attached hydrogens (tertiary/aromatic N) is 1. The maximum Gasteiger partial charge on any atom is 0.305 e. The van der Waals surface area contributed by atoms with E-state index in [1.807, 2.05) is 0 Å². The van der Waals surface area contributed by atoms with E-state index in [9.17, 15) is 9.59 Å². The molecule has 0 aromatic rings. The van der Waals surface area contributed by atoms with Crippen LogP contribution in [0.5, 0.6) is 0 Å². The minimum absolute atomic E-state index is 0.00657. The maximum absolute atomic E-state index is 11.7. The topological polar surface area (TPSA) is 76.1 Å². The van der Waals surface area contributed by atoms with Gasteiger partial charge in [-0.1, -0.05) is 0 Å². The van der Waals surface area contributed by atoms with E-state index in [0.29, 0.717) is 19.8 Å². The van der Waals surface area contributed by atoms with E-state index < -0.39 is 5.97 Å². The van der Waals surface area contributed by atoms with Crippen LogP contribution in [-0.2, 0) is 19.1 Å². The molecule has 1 atom stereocenters. The predicted molar refractivity (Wildman–Crippen MR) is 55.1 cm³/mol. The number of carbonyl (C=O) groups is 2. The molecule has 1 rings (SSSR count). The molecule has 0 radical (unpaired) electrons. The summed E-state index contributed by atoms with van der Waals surface area (Å²) in [7, 11) is 0. The third kappa shape index (κ3) is 3.79. The molecule has 6 heteroatoms. The fourth-order valence-corrected chi connectivity index (χ4v) is 1.63. The van der Waals surface area contributed by atoms with Gasteiger partial charge in [0.15, 0.2) is 0 Å². The van der Waals surface area contributed by atoms with Gasteiger partial charge in [0.2, 0.25) is 5.91 Å². The fourth-order valence-electron chi connectivity index (χ4n) is 1.63. The zero-order chi connectivity index (χ0) is 12.0. The van der Waals surface area contributed by atoms with Gasteiger partial charge in [0.05, 0.1) is 25.7 Å². The van der Waals surface area contributed by atoms with Crippen LogP contribution in [0, 0.1) is 0 Å². The highest BCUT2D eigenvalue weighted by Crippen LogP contribution is 2.11. The fraction of sp³-hybridized carbons (Fsp3) is 0.800. The Morgan fingerprint density at radius 1 is 1.56 bits per heavy atom. The van der Waals surface area contributed by atoms with Crippen molar-refractivity contribution in [3.8, 4) is 0 Å². The Bertz CT molecular complexity index is 256. The quantitative estimate of drug-likeness (QED) is 0.704. The van der Waals surface area contributed by atoms with Crippen molar-refractivity contribution in [2.75, 3.05) is 33.0 Å². The summed E-state index contributed by atoms with van der Waals surface area (Å²) < 4.78 is 10.2. The zero-order valence-electron chi connectivity index (χ0n) is 9.35. The molecular formula is C10H17NO5. The van der Waals surface area contributed by atoms with Crippen molar-refractivity contribution in [1.82, 2.24) is 4.90 Å². The number of rotatable bonds is 5. The first-order valence-corrected chi connectivity index (χ1v) is 5.32. The number of aliphatic carboxylic acids is 1. The lowest BCUT2D eigenvalue weighted by Crippen LogP contribution is -2.50. The second-order valence-corrected chi connectivity index (χ2v) is 3.55. The SMILES string of the molecule is CCOCC(=O)N1CCOCC1CC(=O)O. The first-order chi connectivity index (χ1) is 7.65. The van der Waals surface area contributed by atoms with Gasteiger partial charge in [-0.15, -0.1) is 0 Å². The molecule has 1 amide bonds. The zero-order valence-corrected chi connectivity index (χ0v) is 9.35. The molecule has 1 heterocycles. The van der Waals surface area contributed by atoms with Crippen LogP contribution < -0.4 is 0 Å². The highest BCUT2D eigenvalue weighted by atomic mass is 16.5. The van der Waals surface area contributed by atoms with Crippen molar-refractivity contribution in [2.45, 2.75) is 19.4 Å². The minimum atomic E-state index is -0.926. The van der Waals surface area contributed by atoms with Gasteiger partial charge < -0.3 is 19.5 Å². The molecule has 1 N–H and O–H groups in total. The Balaban J connectivity index is 2.51. The summed E-state index contributed by atoms with van der Waals surface area (Å²) in [5.74, 6) is -1.10. The van der Waals surface area contributed by atoms with E-state index in [4.69, 9.17) is 14.6 Å². The smallest absolute Gasteiger partial charge is 0.305 e. The van der Waals surface area contributed by atoms with Gasteiger partial charge in [-0.25, -0.2) is 0 Å². The van der Waals surface area contributed by atoms with Crippen LogP contribution in [0.3, 0.4) is 0 Å². The van der Waals surface area contributed by atoms with Crippen molar-refractivity contribution in [3.05, 3.63) is 0 Å². The number of carbonyl (C=O) groups excluding carboxylic acids is 1. The molecule has 1 fully saturated rings. The van der Waals surface area contributed by atoms with Gasteiger partial charge in [-0.2, -0.15) is 0 Å². The summed E-state index contributed by atoms with van der Waals surface area (Å²) >= 11 is 0. The molecule has 1 unspecified atom stereocenters. The Kier molecular flexibility index (Phi) is 5.21. The van der Waals surface area contributed by atoms with Crippen molar-refractivity contribution in [2.24, 2.45) is 0 Å². The third-order valence-electron chi connectivity index (χ3n) is 2.39. The molecule has 0 aliphatic carbocycles. The monoisotopic (exact) mass is 231 g/mol. The molecule has 0 aromatic carbocycles. The van der Waals surface area contributed by atoms with Crippen molar-refractivity contribution >= 4 is 11.9 Å². The van der Waals surface area contributed by atoms with E-state index in [-0.39, 0.29) is 31.6 Å². The number of morpholine rings is 1. The van der Waals surface area contributed by atoms with Gasteiger partial charge >= 0.3 is 5.97 Å². The first-order valence-electron chi connectivity index (χ1n) is 5.32. The van der Waals surface area contributed by atoms with E-state index in [2.05, 4.69) is 0 Å². The summed E-state index contributed by atoms with van der Waals surface area (Å²) in [6.07, 6.45) is -0.0855. The Labute approximate surface area is 94.1 Å². The van der Waals surface area contributed by atoms with Gasteiger partial charge in [0.25, 0.3) is 0 Å². The molecule has 1 aliphatic rings. The lowest BCUT2D eigenvalue weighted by atomic mass is 10.1. The molecule has 16 heavy (non-hydrogen) atoms. The lowest BCUT2D eigenvalue weighted by Gasteiger charge is -2.34. The molecular weight excluding hydrogens is 214 g/mol. The number of ether oxygens (including phenoxy) is 2. The molecule has 0 spiro atoms. The average molecular weight is 231 g/mol. The number of carboxylic acids is 1. The molecule has 0 bridgehead atoms. The van der Waals surface area contributed by atoms with Crippen LogP contribution >= 0.6 is 0 Å². The Morgan fingerprint density at radius 2 is 2.31 bits per heavy atom. The summed E-state index contributed by atoms with van der Waals surface area (Å²) in [6.45, 7) is 3.45. The van der Waals surface area contributed by atoms with E-state index in [0.717, 1.165) is 0 Å². The van der Waals surface area contributed by atoms with Gasteiger partial charge in [-0.05, 0) is 6.92 Å². The number of amides is 1. The van der Waals surface area contributed by atoms with Crippen LogP contribution in [0.4, 0.5) is 0 Å². The summed E-state index contributed by atoms with van der Waals surface area (Å²) in [6, 6.07) is -0.376. The third-order valence-corrected chi connectivity index (χ3v) is 2.39. The van der Waals surface area contributed by atoms with Crippen LogP contribution in [0.15, 0.2) is 0 Å². The van der Waals surface area contributed by atoms with Gasteiger partial charge in [0, 0.05) is 13.2 Å². The number of carboxylic acid groups (broad SMARTS) is 1. The largest absolute Gasteiger partial charge is 0.481 e. The Morgan fingerprint density at radius 3 is 2.94 bits per heavy atom. The molecule has 6 nitrogen and oxygen atoms in total. The molecule has 0 saturated carbocycles. The van der Waals surface area contributed by atoms with Gasteiger partial charge in [0.1, 0.15) is 6.61 Å². The van der Waals surface area contributed by atoms with Crippen molar-refractivity contribution in [3.63, 3.8) is 0 Å². The minimum Gasteiger partial charge on any atom is -0.481 e. The standard InChI is InChI=1S/C10H17NO5/c1-2-15-7-9(12)11-3-4-16-6-8(11)5-10(13)14/h8H,2-7H2,1H3,(H,13,14). The second kappa shape index (κ2) is 6.44. The predicted octanol–water partition coefficient (Wildman–Crippen LogP) is -0.275. The number of hydrogen-bond acceptors (Lipinski definition) is 4. The normalized spacial score (nSPS) is 20.8. The first kappa shape index (κ1) is 12.9. The molecule has 1 saturated heterocycles. The molecule has 0 aromatic heterocycles. The van der Waals surface area contributed by atoms with E-state index in [1.165, 1.54) is 4.90 Å². The Hall–Kier alpha value is -1.14. The van der Waals surface area contributed by atoms with Crippen LogP contribution in [0.25, 0.3) is 0 Å². The summed E-state index contributed by atoms with van der Waals surface area (Å²) in [5.41, 5.74) is 0. The van der Waals surface area contributed by atoms with Gasteiger partial charge in [-0.3, -0.25) is 9.59 Å². The van der Waals surface area contributed by atoms with Crippen LogP contribution in [0.1, 0.15) is 13.3 Å². The second-order valence-electron chi connectivity index (χ2n) is 3.55. The van der Waals surface area contributed by atoms with Crippen molar-refractivity contribution in [1.29, 1.82) is 0 Å². The lowest BCUT2D eigenvalue weighted by molar-refractivity contribution is -0.149. The summed E-state index contributed by atoms with van der Waals surface area (Å²) in [5, 5.41) is 8.72. The van der Waals surface area contributed by atoms with E-state index in [1.54, 1.807) is 6.92 Å². The van der Waals surface area contributed by atoms with Crippen LogP contribution in [-0.4, -0.2) is 60.9 Å². The highest BCUT2D eigenvalue weighted by Gasteiger charge is 2.28. The number of hydrogen-bond donors (Lipinski definition) is 1. The maximum atomic E-state index is 11.7. The molecule has 92 valence electrons. The van der Waals surface area contributed by atoms with Crippen molar-refractivity contribution < 1.29 is 24.2 Å². The van der Waals surface area contributed by atoms with Crippen LogP contribution in [0.2, 0.25) is 0 Å². The highest BCUT2D eigenvalue weighted by molar-refractivity contribution is 5.79. The van der Waals surface area contributed by atoms with E-state index >= 15 is 0 Å². The average Bonchev–Trinajstić information content (AvgIpc) is 2.26.